The molecule has 0 aromatic carbocycles. The largest absolute Gasteiger partial charge is 0.465 e. The summed E-state index contributed by atoms with van der Waals surface area (Å²) < 4.78 is 0. The number of hydrogen-bond acceptors (Lipinski definition) is 5. The Hall–Kier alpha value is -2.67. The Morgan fingerprint density at radius 3 is 2.27 bits per heavy atom. The molecule has 2 bridgehead atoms. The van der Waals surface area contributed by atoms with Gasteiger partial charge in [0.2, 0.25) is 0 Å². The summed E-state index contributed by atoms with van der Waals surface area (Å²) >= 11 is 0. The maximum Gasteiger partial charge on any atom is 0.407 e. The van der Waals surface area contributed by atoms with Gasteiger partial charge in [0.1, 0.15) is 5.82 Å². The van der Waals surface area contributed by atoms with Crippen LogP contribution in [0.2, 0.25) is 0 Å². The second-order valence-electron chi connectivity index (χ2n) is 8.86. The molecule has 3 fully saturated rings. The number of pyridine rings is 2. The Balaban J connectivity index is 1.28. The summed E-state index contributed by atoms with van der Waals surface area (Å²) in [6.45, 7) is 6.05. The van der Waals surface area contributed by atoms with Gasteiger partial charge in [-0.2, -0.15) is 0 Å². The number of carbonyl (C=O) groups is 1. The molecule has 0 spiro atoms. The Morgan fingerprint density at radius 2 is 1.67 bits per heavy atom. The minimum atomic E-state index is -0.846. The Morgan fingerprint density at radius 1 is 0.900 bits per heavy atom. The fourth-order valence-corrected chi connectivity index (χ4v) is 5.37. The first kappa shape index (κ1) is 19.3. The molecule has 7 heteroatoms. The van der Waals surface area contributed by atoms with Crippen LogP contribution in [0.1, 0.15) is 31.2 Å². The quantitative estimate of drug-likeness (QED) is 0.843. The van der Waals surface area contributed by atoms with Gasteiger partial charge in [-0.25, -0.2) is 9.78 Å². The van der Waals surface area contributed by atoms with E-state index in [0.717, 1.165) is 17.1 Å². The van der Waals surface area contributed by atoms with E-state index >= 15 is 0 Å². The predicted octanol–water partition coefficient (Wildman–Crippen LogP) is 3.07. The average Bonchev–Trinajstić information content (AvgIpc) is 2.79. The summed E-state index contributed by atoms with van der Waals surface area (Å²) in [7, 11) is 0. The van der Waals surface area contributed by atoms with E-state index in [1.54, 1.807) is 0 Å². The zero-order valence-corrected chi connectivity index (χ0v) is 17.3. The van der Waals surface area contributed by atoms with Crippen molar-refractivity contribution in [2.24, 2.45) is 0 Å². The highest BCUT2D eigenvalue weighted by Crippen LogP contribution is 2.41. The van der Waals surface area contributed by atoms with Crippen LogP contribution in [-0.4, -0.2) is 76.8 Å². The lowest BCUT2D eigenvalue weighted by Crippen LogP contribution is -2.50. The van der Waals surface area contributed by atoms with E-state index in [2.05, 4.69) is 39.2 Å². The number of nitrogens with zero attached hydrogens (tertiary/aromatic N) is 5. The van der Waals surface area contributed by atoms with E-state index in [9.17, 15) is 4.79 Å². The van der Waals surface area contributed by atoms with E-state index < -0.39 is 6.09 Å². The highest BCUT2D eigenvalue weighted by atomic mass is 16.4. The monoisotopic (exact) mass is 407 g/mol. The van der Waals surface area contributed by atoms with Crippen LogP contribution < -0.4 is 4.90 Å². The van der Waals surface area contributed by atoms with Crippen molar-refractivity contribution in [2.75, 3.05) is 50.7 Å². The first-order chi connectivity index (χ1) is 14.6. The summed E-state index contributed by atoms with van der Waals surface area (Å²) in [6, 6.07) is 8.49. The molecule has 2 aromatic heterocycles. The molecular weight excluding hydrogens is 378 g/mol. The summed E-state index contributed by atoms with van der Waals surface area (Å²) in [5.41, 5.74) is 3.65. The van der Waals surface area contributed by atoms with Gasteiger partial charge >= 0.3 is 6.09 Å². The van der Waals surface area contributed by atoms with Crippen LogP contribution in [0.5, 0.6) is 0 Å². The van der Waals surface area contributed by atoms with Crippen LogP contribution in [0, 0.1) is 0 Å². The first-order valence-corrected chi connectivity index (χ1v) is 11.0. The van der Waals surface area contributed by atoms with E-state index in [1.807, 2.05) is 12.3 Å². The fourth-order valence-electron chi connectivity index (χ4n) is 5.37. The molecule has 3 aliphatic heterocycles. The first-order valence-electron chi connectivity index (χ1n) is 11.0. The van der Waals surface area contributed by atoms with Crippen LogP contribution in [0.3, 0.4) is 0 Å². The van der Waals surface area contributed by atoms with E-state index in [-0.39, 0.29) is 0 Å². The Labute approximate surface area is 177 Å². The molecule has 5 heterocycles. The number of carboxylic acid groups (broad SMARTS) is 1. The van der Waals surface area contributed by atoms with Gasteiger partial charge in [0.25, 0.3) is 0 Å². The summed E-state index contributed by atoms with van der Waals surface area (Å²) in [5, 5.41) is 9.09. The standard InChI is InChI=1S/C23H29N5O2/c29-22(30)28-13-11-27(12-14-28)21-6-3-18(15-25-21)20-5-4-19(16-24-20)23-7-1-9-26(17-23)10-2-8-23/h3-6,15-16H,1-2,7-14,17H2,(H,29,30). The van der Waals surface area contributed by atoms with Crippen molar-refractivity contribution in [2.45, 2.75) is 31.1 Å². The van der Waals surface area contributed by atoms with Crippen LogP contribution >= 0.6 is 0 Å². The smallest absolute Gasteiger partial charge is 0.407 e. The SMILES string of the molecule is O=C(O)N1CCN(c2ccc(-c3ccc(C45CCCN(CCC4)C5)cn3)cn2)CC1. The van der Waals surface area contributed by atoms with Gasteiger partial charge in [0, 0.05) is 56.1 Å². The van der Waals surface area contributed by atoms with Gasteiger partial charge in [-0.15, -0.1) is 0 Å². The number of fused-ring (bicyclic) bond motifs is 2. The van der Waals surface area contributed by atoms with E-state index in [1.165, 1.54) is 55.8 Å². The molecule has 1 amide bonds. The van der Waals surface area contributed by atoms with Crippen molar-refractivity contribution in [3.05, 3.63) is 42.2 Å². The van der Waals surface area contributed by atoms with Crippen LogP contribution in [0.15, 0.2) is 36.7 Å². The molecule has 3 saturated heterocycles. The molecule has 7 nitrogen and oxygen atoms in total. The lowest BCUT2D eigenvalue weighted by atomic mass is 9.69. The van der Waals surface area contributed by atoms with E-state index in [0.29, 0.717) is 31.6 Å². The van der Waals surface area contributed by atoms with Gasteiger partial charge in [-0.1, -0.05) is 6.07 Å². The lowest BCUT2D eigenvalue weighted by Gasteiger charge is -2.47. The second kappa shape index (κ2) is 7.87. The van der Waals surface area contributed by atoms with Crippen molar-refractivity contribution in [3.63, 3.8) is 0 Å². The van der Waals surface area contributed by atoms with Gasteiger partial charge in [-0.3, -0.25) is 4.98 Å². The maximum absolute atomic E-state index is 11.1. The summed E-state index contributed by atoms with van der Waals surface area (Å²) in [4.78, 5) is 26.7. The topological polar surface area (TPSA) is 72.8 Å². The molecule has 0 saturated carbocycles. The van der Waals surface area contributed by atoms with Gasteiger partial charge in [0.05, 0.1) is 5.69 Å². The van der Waals surface area contributed by atoms with E-state index in [4.69, 9.17) is 10.1 Å². The highest BCUT2D eigenvalue weighted by Gasteiger charge is 2.39. The van der Waals surface area contributed by atoms with Crippen LogP contribution in [0.4, 0.5) is 10.6 Å². The zero-order chi connectivity index (χ0) is 20.6. The van der Waals surface area contributed by atoms with Crippen molar-refractivity contribution in [1.82, 2.24) is 19.8 Å². The Bertz CT molecular complexity index is 881. The number of aromatic nitrogens is 2. The normalized spacial score (nSPS) is 26.5. The molecule has 158 valence electrons. The summed E-state index contributed by atoms with van der Waals surface area (Å²) in [5.74, 6) is 0.892. The maximum atomic E-state index is 11.1. The van der Waals surface area contributed by atoms with Crippen molar-refractivity contribution < 1.29 is 9.90 Å². The lowest BCUT2D eigenvalue weighted by molar-refractivity contribution is 0.0941. The molecule has 5 rings (SSSR count). The Kier molecular flexibility index (Phi) is 5.06. The van der Waals surface area contributed by atoms with Gasteiger partial charge in [-0.05, 0) is 62.5 Å². The van der Waals surface area contributed by atoms with Gasteiger partial charge < -0.3 is 19.8 Å². The molecule has 0 radical (unpaired) electrons. The summed E-state index contributed by atoms with van der Waals surface area (Å²) in [6.07, 6.45) is 8.24. The van der Waals surface area contributed by atoms with Crippen molar-refractivity contribution in [1.29, 1.82) is 0 Å². The third-order valence-electron chi connectivity index (χ3n) is 7.08. The number of amides is 1. The molecule has 0 unspecified atom stereocenters. The molecule has 3 aliphatic rings. The molecule has 1 N–H and O–H groups in total. The number of hydrogen-bond donors (Lipinski definition) is 1. The molecular formula is C23H29N5O2. The third kappa shape index (κ3) is 3.62. The van der Waals surface area contributed by atoms with Crippen LogP contribution in [-0.2, 0) is 5.41 Å². The number of piperidine rings is 2. The molecule has 0 atom stereocenters. The highest BCUT2D eigenvalue weighted by molar-refractivity contribution is 5.65. The predicted molar refractivity (Wildman–Crippen MR) is 116 cm³/mol. The zero-order valence-electron chi connectivity index (χ0n) is 17.3. The van der Waals surface area contributed by atoms with Gasteiger partial charge in [0.15, 0.2) is 0 Å². The minimum Gasteiger partial charge on any atom is -0.465 e. The molecule has 30 heavy (non-hydrogen) atoms. The molecule has 0 aliphatic carbocycles. The minimum absolute atomic E-state index is 0.294. The van der Waals surface area contributed by atoms with Crippen LogP contribution in [0.25, 0.3) is 11.3 Å². The average molecular weight is 408 g/mol. The van der Waals surface area contributed by atoms with Crippen molar-refractivity contribution in [3.8, 4) is 11.3 Å². The fraction of sp³-hybridized carbons (Fsp3) is 0.522. The molecule has 2 aromatic rings. The second-order valence-corrected chi connectivity index (χ2v) is 8.86. The number of anilines is 1. The van der Waals surface area contributed by atoms with Crippen molar-refractivity contribution >= 4 is 11.9 Å². The number of rotatable bonds is 3. The number of piperazine rings is 1. The third-order valence-corrected chi connectivity index (χ3v) is 7.08.